The van der Waals surface area contributed by atoms with Crippen LogP contribution in [-0.4, -0.2) is 46.4 Å². The van der Waals surface area contributed by atoms with Crippen LogP contribution in [0.15, 0.2) is 30.5 Å². The minimum atomic E-state index is 0.0159. The van der Waals surface area contributed by atoms with E-state index in [1.54, 1.807) is 6.20 Å². The molecular weight excluding hydrogens is 326 g/mol. The normalized spacial score (nSPS) is 18.2. The van der Waals surface area contributed by atoms with E-state index in [0.29, 0.717) is 30.3 Å². The zero-order valence-electron chi connectivity index (χ0n) is 14.2. The van der Waals surface area contributed by atoms with Crippen molar-refractivity contribution < 1.29 is 9.53 Å². The third-order valence-electron chi connectivity index (χ3n) is 4.16. The second-order valence-corrected chi connectivity index (χ2v) is 6.86. The smallest absolute Gasteiger partial charge is 0.257 e. The average Bonchev–Trinajstić information content (AvgIpc) is 2.99. The highest BCUT2D eigenvalue weighted by atomic mass is 35.5. The van der Waals surface area contributed by atoms with E-state index in [4.69, 9.17) is 16.3 Å². The molecule has 0 bridgehead atoms. The first-order valence-corrected chi connectivity index (χ1v) is 8.60. The van der Waals surface area contributed by atoms with Gasteiger partial charge in [0.15, 0.2) is 0 Å². The lowest BCUT2D eigenvalue weighted by Crippen LogP contribution is -2.44. The average molecular weight is 348 g/mol. The van der Waals surface area contributed by atoms with Gasteiger partial charge in [0.1, 0.15) is 0 Å². The summed E-state index contributed by atoms with van der Waals surface area (Å²) in [6.07, 6.45) is 1.73. The third-order valence-corrected chi connectivity index (χ3v) is 4.40. The van der Waals surface area contributed by atoms with Gasteiger partial charge in [-0.2, -0.15) is 5.10 Å². The summed E-state index contributed by atoms with van der Waals surface area (Å²) in [5.41, 5.74) is 2.42. The molecule has 1 atom stereocenters. The monoisotopic (exact) mass is 347 g/mol. The molecule has 1 aliphatic heterocycles. The molecule has 1 fully saturated rings. The second-order valence-electron chi connectivity index (χ2n) is 6.42. The Hall–Kier alpha value is -1.85. The maximum atomic E-state index is 13.0. The number of aromatic nitrogens is 2. The van der Waals surface area contributed by atoms with Crippen molar-refractivity contribution in [2.24, 2.45) is 0 Å². The number of carbonyl (C=O) groups is 1. The fourth-order valence-corrected chi connectivity index (χ4v) is 3.25. The zero-order valence-corrected chi connectivity index (χ0v) is 15.0. The van der Waals surface area contributed by atoms with Gasteiger partial charge in [-0.05, 0) is 31.0 Å². The van der Waals surface area contributed by atoms with Gasteiger partial charge in [0.2, 0.25) is 0 Å². The molecule has 2 heterocycles. The standard InChI is InChI=1S/C18H22ClN3O2/c1-12(2)17-16(18(23)21-7-8-24-13(3)11-21)10-20-22(17)15-6-4-5-14(19)9-15/h4-6,9-10,12-13H,7-8,11H2,1-3H3. The summed E-state index contributed by atoms with van der Waals surface area (Å²) in [7, 11) is 0. The number of halogens is 1. The van der Waals surface area contributed by atoms with Gasteiger partial charge in [-0.3, -0.25) is 4.79 Å². The van der Waals surface area contributed by atoms with Crippen LogP contribution in [0, 0.1) is 0 Å². The molecule has 2 aromatic rings. The minimum Gasteiger partial charge on any atom is -0.375 e. The number of amides is 1. The molecule has 1 saturated heterocycles. The molecule has 1 aliphatic rings. The molecule has 24 heavy (non-hydrogen) atoms. The molecule has 0 radical (unpaired) electrons. The summed E-state index contributed by atoms with van der Waals surface area (Å²) in [5.74, 6) is 0.172. The van der Waals surface area contributed by atoms with Crippen molar-refractivity contribution in [3.63, 3.8) is 0 Å². The molecule has 1 aromatic carbocycles. The van der Waals surface area contributed by atoms with Crippen molar-refractivity contribution in [1.82, 2.24) is 14.7 Å². The van der Waals surface area contributed by atoms with Gasteiger partial charge in [-0.15, -0.1) is 0 Å². The van der Waals surface area contributed by atoms with E-state index in [1.165, 1.54) is 0 Å². The Morgan fingerprint density at radius 3 is 2.88 bits per heavy atom. The van der Waals surface area contributed by atoms with Crippen LogP contribution in [0.4, 0.5) is 0 Å². The maximum absolute atomic E-state index is 13.0. The van der Waals surface area contributed by atoms with E-state index in [1.807, 2.05) is 40.8 Å². The summed E-state index contributed by atoms with van der Waals surface area (Å²) >= 11 is 6.10. The Kier molecular flexibility index (Phi) is 4.92. The molecule has 0 spiro atoms. The van der Waals surface area contributed by atoms with Crippen molar-refractivity contribution in [3.8, 4) is 5.69 Å². The van der Waals surface area contributed by atoms with Gasteiger partial charge in [-0.1, -0.05) is 31.5 Å². The van der Waals surface area contributed by atoms with Gasteiger partial charge in [-0.25, -0.2) is 4.68 Å². The van der Waals surface area contributed by atoms with E-state index in [2.05, 4.69) is 18.9 Å². The van der Waals surface area contributed by atoms with Crippen molar-refractivity contribution in [2.75, 3.05) is 19.7 Å². The lowest BCUT2D eigenvalue weighted by Gasteiger charge is -2.31. The van der Waals surface area contributed by atoms with Crippen LogP contribution < -0.4 is 0 Å². The van der Waals surface area contributed by atoms with Crippen LogP contribution in [-0.2, 0) is 4.74 Å². The molecule has 128 valence electrons. The largest absolute Gasteiger partial charge is 0.375 e. The summed E-state index contributed by atoms with van der Waals surface area (Å²) < 4.78 is 7.34. The van der Waals surface area contributed by atoms with Gasteiger partial charge >= 0.3 is 0 Å². The zero-order chi connectivity index (χ0) is 17.3. The fraction of sp³-hybridized carbons (Fsp3) is 0.444. The number of hydrogen-bond donors (Lipinski definition) is 0. The Labute approximate surface area is 147 Å². The van der Waals surface area contributed by atoms with E-state index in [9.17, 15) is 4.79 Å². The highest BCUT2D eigenvalue weighted by molar-refractivity contribution is 6.30. The third kappa shape index (κ3) is 3.32. The van der Waals surface area contributed by atoms with E-state index in [0.717, 1.165) is 11.4 Å². The number of rotatable bonds is 3. The number of benzene rings is 1. The van der Waals surface area contributed by atoms with E-state index < -0.39 is 0 Å². The molecule has 1 unspecified atom stereocenters. The van der Waals surface area contributed by atoms with Crippen molar-refractivity contribution >= 4 is 17.5 Å². The Morgan fingerprint density at radius 1 is 1.42 bits per heavy atom. The van der Waals surface area contributed by atoms with Crippen LogP contribution >= 0.6 is 11.6 Å². The molecule has 3 rings (SSSR count). The highest BCUT2D eigenvalue weighted by Gasteiger charge is 2.27. The Bertz CT molecular complexity index is 742. The second kappa shape index (κ2) is 6.95. The number of carbonyl (C=O) groups excluding carboxylic acids is 1. The summed E-state index contributed by atoms with van der Waals surface area (Å²) in [6, 6.07) is 7.50. The van der Waals surface area contributed by atoms with E-state index >= 15 is 0 Å². The predicted octanol–water partition coefficient (Wildman–Crippen LogP) is 3.51. The summed E-state index contributed by atoms with van der Waals surface area (Å²) in [4.78, 5) is 14.8. The topological polar surface area (TPSA) is 47.4 Å². The SMILES string of the molecule is CC1CN(C(=O)c2cnn(-c3cccc(Cl)c3)c2C(C)C)CCO1. The van der Waals surface area contributed by atoms with Crippen molar-refractivity contribution in [1.29, 1.82) is 0 Å². The first-order chi connectivity index (χ1) is 11.5. The molecular formula is C18H22ClN3O2. The fourth-order valence-electron chi connectivity index (χ4n) is 3.07. The lowest BCUT2D eigenvalue weighted by atomic mass is 10.0. The molecule has 1 amide bonds. The minimum absolute atomic E-state index is 0.0159. The lowest BCUT2D eigenvalue weighted by molar-refractivity contribution is -0.0124. The van der Waals surface area contributed by atoms with Crippen LogP contribution in [0.3, 0.4) is 0 Å². The Morgan fingerprint density at radius 2 is 2.21 bits per heavy atom. The predicted molar refractivity (Wildman–Crippen MR) is 94.0 cm³/mol. The van der Waals surface area contributed by atoms with Crippen molar-refractivity contribution in [2.45, 2.75) is 32.8 Å². The molecule has 6 heteroatoms. The number of hydrogen-bond acceptors (Lipinski definition) is 3. The number of ether oxygens (including phenoxy) is 1. The van der Waals surface area contributed by atoms with Gasteiger partial charge in [0.25, 0.3) is 5.91 Å². The molecule has 0 saturated carbocycles. The molecule has 1 aromatic heterocycles. The first-order valence-electron chi connectivity index (χ1n) is 8.22. The summed E-state index contributed by atoms with van der Waals surface area (Å²) in [5, 5.41) is 5.11. The van der Waals surface area contributed by atoms with E-state index in [-0.39, 0.29) is 17.9 Å². The number of morpholine rings is 1. The van der Waals surface area contributed by atoms with Crippen LogP contribution in [0.2, 0.25) is 5.02 Å². The molecule has 5 nitrogen and oxygen atoms in total. The quantitative estimate of drug-likeness (QED) is 0.853. The van der Waals surface area contributed by atoms with Crippen LogP contribution in [0.5, 0.6) is 0 Å². The number of nitrogens with zero attached hydrogens (tertiary/aromatic N) is 3. The van der Waals surface area contributed by atoms with Crippen molar-refractivity contribution in [3.05, 3.63) is 46.7 Å². The van der Waals surface area contributed by atoms with Gasteiger partial charge in [0.05, 0.1) is 35.9 Å². The van der Waals surface area contributed by atoms with Gasteiger partial charge < -0.3 is 9.64 Å². The molecule has 0 N–H and O–H groups in total. The summed E-state index contributed by atoms with van der Waals surface area (Å²) in [6.45, 7) is 7.92. The van der Waals surface area contributed by atoms with Crippen LogP contribution in [0.1, 0.15) is 42.7 Å². The first kappa shape index (κ1) is 17.0. The highest BCUT2D eigenvalue weighted by Crippen LogP contribution is 2.26. The maximum Gasteiger partial charge on any atom is 0.257 e. The van der Waals surface area contributed by atoms with Gasteiger partial charge in [0, 0.05) is 18.1 Å². The molecule has 0 aliphatic carbocycles. The Balaban J connectivity index is 1.98. The van der Waals surface area contributed by atoms with Crippen LogP contribution in [0.25, 0.3) is 5.69 Å².